The quantitative estimate of drug-likeness (QED) is 0.737. The predicted octanol–water partition coefficient (Wildman–Crippen LogP) is 5.18. The van der Waals surface area contributed by atoms with Gasteiger partial charge in [-0.1, -0.05) is 42.5 Å². The molecule has 5 heteroatoms. The van der Waals surface area contributed by atoms with E-state index in [9.17, 15) is 9.59 Å². The fourth-order valence-corrected chi connectivity index (χ4v) is 3.66. The van der Waals surface area contributed by atoms with Crippen LogP contribution in [-0.2, 0) is 16.1 Å². The maximum absolute atomic E-state index is 11.9. The van der Waals surface area contributed by atoms with Gasteiger partial charge in [-0.3, -0.25) is 10.1 Å². The van der Waals surface area contributed by atoms with Gasteiger partial charge in [-0.15, -0.1) is 0 Å². The van der Waals surface area contributed by atoms with E-state index in [1.807, 2.05) is 54.6 Å². The Morgan fingerprint density at radius 2 is 1.63 bits per heavy atom. The Labute approximate surface area is 159 Å². The summed E-state index contributed by atoms with van der Waals surface area (Å²) in [5.41, 5.74) is 2.89. The first-order valence-corrected chi connectivity index (χ1v) is 9.39. The zero-order valence-corrected chi connectivity index (χ0v) is 15.3. The van der Waals surface area contributed by atoms with Gasteiger partial charge in [-0.05, 0) is 60.8 Å². The number of carbonyl (C=O) groups is 2. The molecule has 0 saturated heterocycles. The number of anilines is 1. The van der Waals surface area contributed by atoms with Crippen LogP contribution in [0.5, 0.6) is 0 Å². The summed E-state index contributed by atoms with van der Waals surface area (Å²) >= 11 is 0. The molecule has 0 spiro atoms. The lowest BCUT2D eigenvalue weighted by Crippen LogP contribution is -2.16. The van der Waals surface area contributed by atoms with Crippen molar-refractivity contribution in [2.45, 2.75) is 44.6 Å². The highest BCUT2D eigenvalue weighted by Gasteiger charge is 2.23. The van der Waals surface area contributed by atoms with Crippen LogP contribution in [0.15, 0.2) is 54.6 Å². The summed E-state index contributed by atoms with van der Waals surface area (Å²) in [6.45, 7) is 0.240. The van der Waals surface area contributed by atoms with Crippen LogP contribution in [0.25, 0.3) is 0 Å². The number of carboxylic acids is 1. The predicted molar refractivity (Wildman–Crippen MR) is 104 cm³/mol. The van der Waals surface area contributed by atoms with Gasteiger partial charge in [-0.25, -0.2) is 4.79 Å². The number of hydrogen-bond donors (Lipinski definition) is 2. The van der Waals surface area contributed by atoms with E-state index in [1.54, 1.807) is 0 Å². The van der Waals surface area contributed by atoms with E-state index in [-0.39, 0.29) is 13.0 Å². The SMILES string of the molecule is O=C(O)CC1CCC(c2ccc(NC(=O)OCc3ccccc3)cc2)CC1. The largest absolute Gasteiger partial charge is 0.481 e. The van der Waals surface area contributed by atoms with Gasteiger partial charge in [0, 0.05) is 12.1 Å². The minimum atomic E-state index is -0.701. The van der Waals surface area contributed by atoms with Gasteiger partial charge in [0.2, 0.25) is 0 Å². The summed E-state index contributed by atoms with van der Waals surface area (Å²) in [4.78, 5) is 22.7. The molecule has 5 nitrogen and oxygen atoms in total. The fourth-order valence-electron chi connectivity index (χ4n) is 3.66. The maximum Gasteiger partial charge on any atom is 0.411 e. The molecule has 142 valence electrons. The molecular weight excluding hydrogens is 342 g/mol. The van der Waals surface area contributed by atoms with Gasteiger partial charge in [0.1, 0.15) is 6.61 Å². The first-order chi connectivity index (χ1) is 13.1. The van der Waals surface area contributed by atoms with Gasteiger partial charge >= 0.3 is 12.1 Å². The number of hydrogen-bond acceptors (Lipinski definition) is 3. The molecule has 0 aliphatic heterocycles. The van der Waals surface area contributed by atoms with Gasteiger partial charge < -0.3 is 9.84 Å². The normalized spacial score (nSPS) is 19.3. The summed E-state index contributed by atoms with van der Waals surface area (Å²) in [6, 6.07) is 17.4. The number of aliphatic carboxylic acids is 1. The molecule has 0 unspecified atom stereocenters. The minimum absolute atomic E-state index is 0.240. The smallest absolute Gasteiger partial charge is 0.411 e. The summed E-state index contributed by atoms with van der Waals surface area (Å²) < 4.78 is 5.22. The standard InChI is InChI=1S/C22H25NO4/c24-21(25)14-16-6-8-18(9-7-16)19-10-12-20(13-11-19)23-22(26)27-15-17-4-2-1-3-5-17/h1-5,10-13,16,18H,6-9,14-15H2,(H,23,26)(H,24,25). The zero-order chi connectivity index (χ0) is 19.1. The Morgan fingerprint density at radius 3 is 2.26 bits per heavy atom. The fraction of sp³-hybridized carbons (Fsp3) is 0.364. The van der Waals surface area contributed by atoms with E-state index in [1.165, 1.54) is 5.56 Å². The molecule has 1 aliphatic rings. The second kappa shape index (κ2) is 9.21. The Morgan fingerprint density at radius 1 is 0.963 bits per heavy atom. The van der Waals surface area contributed by atoms with Crippen molar-refractivity contribution in [3.05, 3.63) is 65.7 Å². The van der Waals surface area contributed by atoms with Crippen molar-refractivity contribution in [2.75, 3.05) is 5.32 Å². The first-order valence-electron chi connectivity index (χ1n) is 9.39. The van der Waals surface area contributed by atoms with Crippen LogP contribution in [0.3, 0.4) is 0 Å². The molecule has 3 rings (SSSR count). The molecule has 2 aromatic carbocycles. The van der Waals surface area contributed by atoms with Crippen LogP contribution >= 0.6 is 0 Å². The topological polar surface area (TPSA) is 75.6 Å². The van der Waals surface area contributed by atoms with E-state index < -0.39 is 12.1 Å². The molecule has 1 fully saturated rings. The average Bonchev–Trinajstić information content (AvgIpc) is 2.68. The highest BCUT2D eigenvalue weighted by Crippen LogP contribution is 2.37. The van der Waals surface area contributed by atoms with Crippen molar-refractivity contribution in [1.29, 1.82) is 0 Å². The monoisotopic (exact) mass is 367 g/mol. The van der Waals surface area contributed by atoms with E-state index in [0.717, 1.165) is 31.2 Å². The molecule has 0 heterocycles. The molecule has 2 aromatic rings. The van der Waals surface area contributed by atoms with Crippen molar-refractivity contribution in [2.24, 2.45) is 5.92 Å². The van der Waals surface area contributed by atoms with Crippen LogP contribution in [-0.4, -0.2) is 17.2 Å². The average molecular weight is 367 g/mol. The number of nitrogens with one attached hydrogen (secondary N) is 1. The molecule has 1 amide bonds. The third-order valence-electron chi connectivity index (χ3n) is 5.15. The highest BCUT2D eigenvalue weighted by molar-refractivity contribution is 5.84. The van der Waals surface area contributed by atoms with Gasteiger partial charge in [-0.2, -0.15) is 0 Å². The van der Waals surface area contributed by atoms with Crippen molar-refractivity contribution in [1.82, 2.24) is 0 Å². The lowest BCUT2D eigenvalue weighted by molar-refractivity contribution is -0.138. The Hall–Kier alpha value is -2.82. The number of ether oxygens (including phenoxy) is 1. The van der Waals surface area contributed by atoms with Crippen molar-refractivity contribution < 1.29 is 19.4 Å². The molecule has 0 aromatic heterocycles. The summed E-state index contributed by atoms with van der Waals surface area (Å²) in [7, 11) is 0. The number of amides is 1. The first kappa shape index (κ1) is 19.0. The third kappa shape index (κ3) is 5.84. The molecule has 2 N–H and O–H groups in total. The van der Waals surface area contributed by atoms with Crippen molar-refractivity contribution in [3.8, 4) is 0 Å². The van der Waals surface area contributed by atoms with Crippen LogP contribution in [0.2, 0.25) is 0 Å². The maximum atomic E-state index is 11.9. The molecule has 1 saturated carbocycles. The summed E-state index contributed by atoms with van der Waals surface area (Å²) in [6.07, 6.45) is 3.76. The van der Waals surface area contributed by atoms with E-state index in [4.69, 9.17) is 9.84 Å². The molecule has 0 radical (unpaired) electrons. The zero-order valence-electron chi connectivity index (χ0n) is 15.3. The Bertz CT molecular complexity index is 750. The van der Waals surface area contributed by atoms with E-state index in [0.29, 0.717) is 17.5 Å². The summed E-state index contributed by atoms with van der Waals surface area (Å²) in [5.74, 6) is 0.0706. The van der Waals surface area contributed by atoms with Gasteiger partial charge in [0.15, 0.2) is 0 Å². The number of carboxylic acid groups (broad SMARTS) is 1. The van der Waals surface area contributed by atoms with Crippen molar-refractivity contribution >= 4 is 17.7 Å². The lowest BCUT2D eigenvalue weighted by Gasteiger charge is -2.28. The van der Waals surface area contributed by atoms with Crippen molar-refractivity contribution in [3.63, 3.8) is 0 Å². The molecule has 0 bridgehead atoms. The van der Waals surface area contributed by atoms with Gasteiger partial charge in [0.05, 0.1) is 0 Å². The molecular formula is C22H25NO4. The molecule has 27 heavy (non-hydrogen) atoms. The van der Waals surface area contributed by atoms with Gasteiger partial charge in [0.25, 0.3) is 0 Å². The van der Waals surface area contributed by atoms with E-state index >= 15 is 0 Å². The van der Waals surface area contributed by atoms with E-state index in [2.05, 4.69) is 5.32 Å². The van der Waals surface area contributed by atoms with Crippen LogP contribution in [0.1, 0.15) is 49.1 Å². The number of benzene rings is 2. The molecule has 0 atom stereocenters. The minimum Gasteiger partial charge on any atom is -0.481 e. The second-order valence-corrected chi connectivity index (χ2v) is 7.12. The summed E-state index contributed by atoms with van der Waals surface area (Å²) in [5, 5.41) is 11.7. The van der Waals surface area contributed by atoms with Crippen LogP contribution in [0.4, 0.5) is 10.5 Å². The highest BCUT2D eigenvalue weighted by atomic mass is 16.5. The third-order valence-corrected chi connectivity index (χ3v) is 5.15. The Balaban J connectivity index is 1.46. The van der Waals surface area contributed by atoms with Crippen LogP contribution < -0.4 is 5.32 Å². The second-order valence-electron chi connectivity index (χ2n) is 7.12. The lowest BCUT2D eigenvalue weighted by atomic mass is 9.77. The number of carbonyl (C=O) groups excluding carboxylic acids is 1. The molecule has 1 aliphatic carbocycles. The Kier molecular flexibility index (Phi) is 6.47. The van der Waals surface area contributed by atoms with Crippen LogP contribution in [0, 0.1) is 5.92 Å². The number of rotatable bonds is 6.